The van der Waals surface area contributed by atoms with Gasteiger partial charge in [0, 0.05) is 17.2 Å². The van der Waals surface area contributed by atoms with Crippen molar-refractivity contribution in [1.82, 2.24) is 0 Å². The van der Waals surface area contributed by atoms with Crippen molar-refractivity contribution in [3.63, 3.8) is 0 Å². The molecule has 1 amide bonds. The molecular formula is C15H12BrF2NO. The van der Waals surface area contributed by atoms with Crippen LogP contribution in [0.4, 0.5) is 14.5 Å². The van der Waals surface area contributed by atoms with Crippen molar-refractivity contribution in [1.29, 1.82) is 0 Å². The minimum Gasteiger partial charge on any atom is -0.311 e. The Kier molecular flexibility index (Phi) is 4.18. The molecule has 2 aromatic carbocycles. The first kappa shape index (κ1) is 14.7. The van der Waals surface area contributed by atoms with Gasteiger partial charge in [-0.1, -0.05) is 33.6 Å². The molecule has 2 rings (SSSR count). The van der Waals surface area contributed by atoms with Gasteiger partial charge in [0.15, 0.2) is 0 Å². The summed E-state index contributed by atoms with van der Waals surface area (Å²) in [4.78, 5) is 13.4. The number of carbonyl (C=O) groups excluding carboxylic acids is 1. The maximum absolute atomic E-state index is 13.8. The van der Waals surface area contributed by atoms with Gasteiger partial charge in [-0.25, -0.2) is 8.78 Å². The van der Waals surface area contributed by atoms with Crippen LogP contribution < -0.4 is 4.90 Å². The lowest BCUT2D eigenvalue weighted by Gasteiger charge is -2.18. The largest absolute Gasteiger partial charge is 0.311 e. The molecule has 0 aliphatic heterocycles. The number of halogens is 3. The molecule has 2 aromatic rings. The predicted octanol–water partition coefficient (Wildman–Crippen LogP) is 4.31. The Hall–Kier alpha value is -1.75. The average molecular weight is 340 g/mol. The lowest BCUT2D eigenvalue weighted by Crippen LogP contribution is -2.28. The first-order chi connectivity index (χ1) is 9.40. The summed E-state index contributed by atoms with van der Waals surface area (Å²) in [6, 6.07) is 9.24. The van der Waals surface area contributed by atoms with Crippen molar-refractivity contribution in [2.75, 3.05) is 11.9 Å². The molecule has 0 heterocycles. The summed E-state index contributed by atoms with van der Waals surface area (Å²) >= 11 is 2.98. The van der Waals surface area contributed by atoms with Gasteiger partial charge < -0.3 is 4.90 Å². The monoisotopic (exact) mass is 339 g/mol. The number of rotatable bonds is 2. The molecule has 0 atom stereocenters. The van der Waals surface area contributed by atoms with E-state index >= 15 is 0 Å². The third kappa shape index (κ3) is 2.88. The molecule has 0 saturated carbocycles. The topological polar surface area (TPSA) is 20.3 Å². The highest BCUT2D eigenvalue weighted by atomic mass is 79.9. The Bertz CT molecular complexity index is 632. The molecule has 0 aliphatic carbocycles. The number of hydrogen-bond donors (Lipinski definition) is 0. The fourth-order valence-electron chi connectivity index (χ4n) is 1.80. The van der Waals surface area contributed by atoms with Crippen LogP contribution in [-0.2, 0) is 0 Å². The summed E-state index contributed by atoms with van der Waals surface area (Å²) in [5, 5.41) is 0. The second kappa shape index (κ2) is 5.71. The number of aryl methyl sites for hydroxylation is 1. The molecule has 0 fully saturated rings. The maximum Gasteiger partial charge on any atom is 0.263 e. The Morgan fingerprint density at radius 2 is 1.60 bits per heavy atom. The van der Waals surface area contributed by atoms with Gasteiger partial charge in [-0.2, -0.15) is 0 Å². The standard InChI is InChI=1S/C15H12BrF2NO/c1-9-3-5-11(6-4-9)19(2)15(20)14-12(17)7-10(16)8-13(14)18/h3-8H,1-2H3. The summed E-state index contributed by atoms with van der Waals surface area (Å²) in [5.41, 5.74) is 1.05. The fourth-order valence-corrected chi connectivity index (χ4v) is 2.20. The molecule has 2 nitrogen and oxygen atoms in total. The predicted molar refractivity (Wildman–Crippen MR) is 78.0 cm³/mol. The van der Waals surface area contributed by atoms with Crippen LogP contribution in [0.2, 0.25) is 0 Å². The van der Waals surface area contributed by atoms with Crippen LogP contribution in [0.3, 0.4) is 0 Å². The maximum atomic E-state index is 13.8. The van der Waals surface area contributed by atoms with E-state index in [9.17, 15) is 13.6 Å². The van der Waals surface area contributed by atoms with Crippen LogP contribution in [0.5, 0.6) is 0 Å². The second-order valence-electron chi connectivity index (χ2n) is 4.44. The summed E-state index contributed by atoms with van der Waals surface area (Å²) in [6.45, 7) is 1.92. The zero-order chi connectivity index (χ0) is 14.9. The number of amides is 1. The van der Waals surface area contributed by atoms with Crippen molar-refractivity contribution in [2.45, 2.75) is 6.92 Å². The van der Waals surface area contributed by atoms with E-state index in [2.05, 4.69) is 15.9 Å². The minimum atomic E-state index is -0.888. The lowest BCUT2D eigenvalue weighted by molar-refractivity contribution is 0.0985. The van der Waals surface area contributed by atoms with Gasteiger partial charge in [0.05, 0.1) is 0 Å². The number of nitrogens with zero attached hydrogens (tertiary/aromatic N) is 1. The third-order valence-electron chi connectivity index (χ3n) is 2.95. The highest BCUT2D eigenvalue weighted by Crippen LogP contribution is 2.23. The Morgan fingerprint density at radius 3 is 2.10 bits per heavy atom. The second-order valence-corrected chi connectivity index (χ2v) is 5.36. The van der Waals surface area contributed by atoms with E-state index in [4.69, 9.17) is 0 Å². The number of anilines is 1. The molecule has 0 saturated heterocycles. The summed E-state index contributed by atoms with van der Waals surface area (Å²) in [6.07, 6.45) is 0. The molecule has 5 heteroatoms. The Morgan fingerprint density at radius 1 is 1.10 bits per heavy atom. The molecule has 0 radical (unpaired) electrons. The van der Waals surface area contributed by atoms with Gasteiger partial charge in [-0.15, -0.1) is 0 Å². The van der Waals surface area contributed by atoms with E-state index in [-0.39, 0.29) is 4.47 Å². The molecule has 0 spiro atoms. The highest BCUT2D eigenvalue weighted by Gasteiger charge is 2.22. The number of benzene rings is 2. The summed E-state index contributed by atoms with van der Waals surface area (Å²) < 4.78 is 27.8. The summed E-state index contributed by atoms with van der Waals surface area (Å²) in [5.74, 6) is -2.50. The quantitative estimate of drug-likeness (QED) is 0.798. The van der Waals surface area contributed by atoms with E-state index < -0.39 is 23.1 Å². The van der Waals surface area contributed by atoms with E-state index in [0.717, 1.165) is 17.7 Å². The van der Waals surface area contributed by atoms with Crippen molar-refractivity contribution in [3.05, 3.63) is 63.6 Å². The Labute approximate surface area is 124 Å². The van der Waals surface area contributed by atoms with E-state index in [1.807, 2.05) is 19.1 Å². The summed E-state index contributed by atoms with van der Waals surface area (Å²) in [7, 11) is 1.48. The number of hydrogen-bond acceptors (Lipinski definition) is 1. The van der Waals surface area contributed by atoms with Crippen LogP contribution in [0.25, 0.3) is 0 Å². The normalized spacial score (nSPS) is 10.4. The third-order valence-corrected chi connectivity index (χ3v) is 3.40. The molecule has 0 N–H and O–H groups in total. The zero-order valence-corrected chi connectivity index (χ0v) is 12.5. The SMILES string of the molecule is Cc1ccc(N(C)C(=O)c2c(F)cc(Br)cc2F)cc1. The van der Waals surface area contributed by atoms with Gasteiger partial charge in [0.25, 0.3) is 5.91 Å². The minimum absolute atomic E-state index is 0.252. The fraction of sp³-hybridized carbons (Fsp3) is 0.133. The first-order valence-electron chi connectivity index (χ1n) is 5.89. The number of carbonyl (C=O) groups is 1. The van der Waals surface area contributed by atoms with Crippen molar-refractivity contribution in [2.24, 2.45) is 0 Å². The first-order valence-corrected chi connectivity index (χ1v) is 6.68. The van der Waals surface area contributed by atoms with Crippen molar-refractivity contribution >= 4 is 27.5 Å². The van der Waals surface area contributed by atoms with E-state index in [1.54, 1.807) is 12.1 Å². The molecule has 104 valence electrons. The molecule has 0 aromatic heterocycles. The van der Waals surface area contributed by atoms with Crippen molar-refractivity contribution < 1.29 is 13.6 Å². The average Bonchev–Trinajstić information content (AvgIpc) is 2.37. The van der Waals surface area contributed by atoms with E-state index in [1.165, 1.54) is 11.9 Å². The van der Waals surface area contributed by atoms with Crippen LogP contribution in [0.15, 0.2) is 40.9 Å². The molecule has 0 aliphatic rings. The molecular weight excluding hydrogens is 328 g/mol. The lowest BCUT2D eigenvalue weighted by atomic mass is 10.1. The van der Waals surface area contributed by atoms with Gasteiger partial charge in [0.1, 0.15) is 17.2 Å². The zero-order valence-electron chi connectivity index (χ0n) is 11.0. The van der Waals surface area contributed by atoms with Crippen LogP contribution >= 0.6 is 15.9 Å². The smallest absolute Gasteiger partial charge is 0.263 e. The molecule has 0 unspecified atom stereocenters. The van der Waals surface area contributed by atoms with Crippen LogP contribution in [-0.4, -0.2) is 13.0 Å². The van der Waals surface area contributed by atoms with Gasteiger partial charge in [-0.3, -0.25) is 4.79 Å². The molecule has 20 heavy (non-hydrogen) atoms. The molecule has 0 bridgehead atoms. The van der Waals surface area contributed by atoms with Crippen LogP contribution in [0, 0.1) is 18.6 Å². The van der Waals surface area contributed by atoms with Gasteiger partial charge in [-0.05, 0) is 31.2 Å². The van der Waals surface area contributed by atoms with Gasteiger partial charge >= 0.3 is 0 Å². The van der Waals surface area contributed by atoms with Crippen LogP contribution in [0.1, 0.15) is 15.9 Å². The van der Waals surface area contributed by atoms with Gasteiger partial charge in [0.2, 0.25) is 0 Å². The van der Waals surface area contributed by atoms with E-state index in [0.29, 0.717) is 5.69 Å². The Balaban J connectivity index is 2.39. The highest BCUT2D eigenvalue weighted by molar-refractivity contribution is 9.10. The van der Waals surface area contributed by atoms with Crippen molar-refractivity contribution in [3.8, 4) is 0 Å².